The molecule has 0 amide bonds. The lowest BCUT2D eigenvalue weighted by molar-refractivity contribution is 0.161. The highest BCUT2D eigenvalue weighted by atomic mass is 32.1. The molecule has 0 spiro atoms. The number of aliphatic hydroxyl groups is 1. The van der Waals surface area contributed by atoms with Crippen molar-refractivity contribution in [1.29, 1.82) is 0 Å². The Morgan fingerprint density at radius 3 is 2.92 bits per heavy atom. The van der Waals surface area contributed by atoms with Crippen molar-refractivity contribution in [2.24, 2.45) is 0 Å². The highest BCUT2D eigenvalue weighted by Gasteiger charge is 2.21. The second-order valence-corrected chi connectivity index (χ2v) is 5.22. The number of aryl methyl sites for hydroxylation is 1. The van der Waals surface area contributed by atoms with Crippen LogP contribution in [0.3, 0.4) is 0 Å². The first kappa shape index (κ1) is 9.22. The second kappa shape index (κ2) is 3.43. The molecule has 1 atom stereocenters. The zero-order chi connectivity index (χ0) is 9.42. The predicted molar refractivity (Wildman–Crippen MR) is 56.3 cm³/mol. The minimum atomic E-state index is -0.179. The molecule has 1 aromatic rings. The average Bonchev–Trinajstić information content (AvgIpc) is 2.49. The standard InChI is InChI=1S/C11H16OS/c1-7(2)10-6-8-4-3-5-9(12)11(8)13-10/h6-7,9,12H,3-5H2,1-2H3. The summed E-state index contributed by atoms with van der Waals surface area (Å²) in [5.74, 6) is 0.600. The van der Waals surface area contributed by atoms with Crippen molar-refractivity contribution >= 4 is 11.3 Å². The number of hydrogen-bond acceptors (Lipinski definition) is 2. The summed E-state index contributed by atoms with van der Waals surface area (Å²) in [6.07, 6.45) is 3.07. The molecule has 0 fully saturated rings. The van der Waals surface area contributed by atoms with E-state index in [1.807, 2.05) is 0 Å². The Labute approximate surface area is 83.4 Å². The molecule has 1 unspecified atom stereocenters. The summed E-state index contributed by atoms with van der Waals surface area (Å²) in [7, 11) is 0. The van der Waals surface area contributed by atoms with Gasteiger partial charge in [-0.3, -0.25) is 0 Å². The summed E-state index contributed by atoms with van der Waals surface area (Å²) in [4.78, 5) is 2.65. The molecule has 1 nitrogen and oxygen atoms in total. The minimum absolute atomic E-state index is 0.179. The Bertz CT molecular complexity index is 301. The molecule has 2 heteroatoms. The molecule has 0 bridgehead atoms. The van der Waals surface area contributed by atoms with Crippen LogP contribution in [0, 0.1) is 0 Å². The van der Waals surface area contributed by atoms with Crippen molar-refractivity contribution in [3.05, 3.63) is 21.4 Å². The molecule has 13 heavy (non-hydrogen) atoms. The Morgan fingerprint density at radius 1 is 1.54 bits per heavy atom. The molecular weight excluding hydrogens is 180 g/mol. The van der Waals surface area contributed by atoms with Crippen LogP contribution < -0.4 is 0 Å². The Morgan fingerprint density at radius 2 is 2.31 bits per heavy atom. The van der Waals surface area contributed by atoms with E-state index in [9.17, 15) is 5.11 Å². The fourth-order valence-corrected chi connectivity index (χ4v) is 3.08. The third-order valence-corrected chi connectivity index (χ3v) is 4.24. The van der Waals surface area contributed by atoms with Gasteiger partial charge in [-0.1, -0.05) is 13.8 Å². The summed E-state index contributed by atoms with van der Waals surface area (Å²) in [5.41, 5.74) is 1.40. The van der Waals surface area contributed by atoms with Crippen LogP contribution in [-0.4, -0.2) is 5.11 Å². The van der Waals surface area contributed by atoms with Crippen molar-refractivity contribution < 1.29 is 5.11 Å². The number of thiophene rings is 1. The summed E-state index contributed by atoms with van der Waals surface area (Å²) in [5, 5.41) is 9.77. The zero-order valence-corrected chi connectivity index (χ0v) is 9.03. The maximum atomic E-state index is 9.77. The largest absolute Gasteiger partial charge is 0.388 e. The minimum Gasteiger partial charge on any atom is -0.388 e. The van der Waals surface area contributed by atoms with E-state index in [4.69, 9.17) is 0 Å². The van der Waals surface area contributed by atoms with Gasteiger partial charge in [-0.05, 0) is 36.8 Å². The van der Waals surface area contributed by atoms with E-state index >= 15 is 0 Å². The van der Waals surface area contributed by atoms with Crippen LogP contribution in [0.15, 0.2) is 6.07 Å². The highest BCUT2D eigenvalue weighted by Crippen LogP contribution is 2.38. The maximum absolute atomic E-state index is 9.77. The first-order valence-corrected chi connectivity index (χ1v) is 5.80. The van der Waals surface area contributed by atoms with Gasteiger partial charge < -0.3 is 5.11 Å². The fraction of sp³-hybridized carbons (Fsp3) is 0.636. The first-order valence-electron chi connectivity index (χ1n) is 4.99. The van der Waals surface area contributed by atoms with Gasteiger partial charge in [0.15, 0.2) is 0 Å². The lowest BCUT2D eigenvalue weighted by Crippen LogP contribution is -2.04. The lowest BCUT2D eigenvalue weighted by atomic mass is 9.96. The van der Waals surface area contributed by atoms with Gasteiger partial charge in [-0.2, -0.15) is 0 Å². The number of aliphatic hydroxyl groups excluding tert-OH is 1. The SMILES string of the molecule is CC(C)c1cc2c(s1)C(O)CCC2. The van der Waals surface area contributed by atoms with Crippen LogP contribution in [0.4, 0.5) is 0 Å². The molecular formula is C11H16OS. The van der Waals surface area contributed by atoms with E-state index in [2.05, 4.69) is 19.9 Å². The van der Waals surface area contributed by atoms with Crippen molar-refractivity contribution in [3.8, 4) is 0 Å². The molecule has 0 saturated carbocycles. The first-order chi connectivity index (χ1) is 6.18. The predicted octanol–water partition coefficient (Wildman–Crippen LogP) is 3.24. The maximum Gasteiger partial charge on any atom is 0.0885 e. The van der Waals surface area contributed by atoms with Crippen LogP contribution in [0.1, 0.15) is 54.0 Å². The van der Waals surface area contributed by atoms with Gasteiger partial charge in [0, 0.05) is 9.75 Å². The molecule has 0 aromatic carbocycles. The Hall–Kier alpha value is -0.340. The third kappa shape index (κ3) is 1.65. The molecule has 1 aliphatic carbocycles. The molecule has 0 aliphatic heterocycles. The van der Waals surface area contributed by atoms with Gasteiger partial charge in [0.25, 0.3) is 0 Å². The van der Waals surface area contributed by atoms with Gasteiger partial charge in [0.05, 0.1) is 6.10 Å². The van der Waals surface area contributed by atoms with Crippen molar-refractivity contribution in [2.45, 2.75) is 45.1 Å². The normalized spacial score (nSPS) is 22.0. The summed E-state index contributed by atoms with van der Waals surface area (Å²) >= 11 is 1.80. The summed E-state index contributed by atoms with van der Waals surface area (Å²) < 4.78 is 0. The molecule has 1 heterocycles. The summed E-state index contributed by atoms with van der Waals surface area (Å²) in [6.45, 7) is 4.42. The van der Waals surface area contributed by atoms with Gasteiger partial charge >= 0.3 is 0 Å². The number of fused-ring (bicyclic) bond motifs is 1. The van der Waals surface area contributed by atoms with E-state index in [-0.39, 0.29) is 6.10 Å². The second-order valence-electron chi connectivity index (χ2n) is 4.10. The van der Waals surface area contributed by atoms with Crippen LogP contribution in [-0.2, 0) is 6.42 Å². The van der Waals surface area contributed by atoms with E-state index < -0.39 is 0 Å². The van der Waals surface area contributed by atoms with Crippen LogP contribution in [0.25, 0.3) is 0 Å². The van der Waals surface area contributed by atoms with Crippen molar-refractivity contribution in [3.63, 3.8) is 0 Å². The van der Waals surface area contributed by atoms with E-state index in [1.165, 1.54) is 15.3 Å². The van der Waals surface area contributed by atoms with Gasteiger partial charge in [-0.15, -0.1) is 11.3 Å². The summed E-state index contributed by atoms with van der Waals surface area (Å²) in [6, 6.07) is 2.28. The monoisotopic (exact) mass is 196 g/mol. The highest BCUT2D eigenvalue weighted by molar-refractivity contribution is 7.12. The molecule has 2 rings (SSSR count). The van der Waals surface area contributed by atoms with Crippen LogP contribution >= 0.6 is 11.3 Å². The van der Waals surface area contributed by atoms with Crippen molar-refractivity contribution in [1.82, 2.24) is 0 Å². The third-order valence-electron chi connectivity index (χ3n) is 2.66. The van der Waals surface area contributed by atoms with E-state index in [0.717, 1.165) is 19.3 Å². The van der Waals surface area contributed by atoms with Crippen molar-refractivity contribution in [2.75, 3.05) is 0 Å². The molecule has 0 radical (unpaired) electrons. The van der Waals surface area contributed by atoms with Gasteiger partial charge in [0.2, 0.25) is 0 Å². The molecule has 1 aliphatic rings. The quantitative estimate of drug-likeness (QED) is 0.731. The van der Waals surface area contributed by atoms with Gasteiger partial charge in [-0.25, -0.2) is 0 Å². The van der Waals surface area contributed by atoms with Crippen LogP contribution in [0.5, 0.6) is 0 Å². The number of hydrogen-bond donors (Lipinski definition) is 1. The Balaban J connectivity index is 2.36. The van der Waals surface area contributed by atoms with Crippen LogP contribution in [0.2, 0.25) is 0 Å². The Kier molecular flexibility index (Phi) is 2.43. The van der Waals surface area contributed by atoms with E-state index in [0.29, 0.717) is 5.92 Å². The van der Waals surface area contributed by atoms with Gasteiger partial charge in [0.1, 0.15) is 0 Å². The topological polar surface area (TPSA) is 20.2 Å². The molecule has 0 saturated heterocycles. The molecule has 1 aromatic heterocycles. The smallest absolute Gasteiger partial charge is 0.0885 e. The average molecular weight is 196 g/mol. The number of rotatable bonds is 1. The zero-order valence-electron chi connectivity index (χ0n) is 8.21. The lowest BCUT2D eigenvalue weighted by Gasteiger charge is -2.16. The molecule has 1 N–H and O–H groups in total. The molecule has 72 valence electrons. The van der Waals surface area contributed by atoms with E-state index in [1.54, 1.807) is 11.3 Å². The fourth-order valence-electron chi connectivity index (χ4n) is 1.84.